The second kappa shape index (κ2) is 11.7. The number of carbonyl (C=O) groups is 5. The molecule has 10 nitrogen and oxygen atoms in total. The third kappa shape index (κ3) is 4.69. The monoisotopic (exact) mass is 672 g/mol. The number of hydrogen-bond donors (Lipinski definition) is 2. The van der Waals surface area contributed by atoms with Gasteiger partial charge in [-0.05, 0) is 61.9 Å². The van der Waals surface area contributed by atoms with Crippen molar-refractivity contribution in [2.45, 2.75) is 54.2 Å². The molecule has 46 heavy (non-hydrogen) atoms. The molecule has 2 heterocycles. The predicted molar refractivity (Wildman–Crippen MR) is 164 cm³/mol. The quantitative estimate of drug-likeness (QED) is 0.168. The molecular weight excluding hydrogens is 642 g/mol. The summed E-state index contributed by atoms with van der Waals surface area (Å²) in [4.78, 5) is 64.9. The predicted octanol–water partition coefficient (Wildman–Crippen LogP) is 4.75. The fourth-order valence-corrected chi connectivity index (χ4v) is 8.62. The molecule has 0 aromatic heterocycles. The van der Waals surface area contributed by atoms with E-state index in [1.54, 1.807) is 6.08 Å². The fourth-order valence-electron chi connectivity index (χ4n) is 7.69. The van der Waals surface area contributed by atoms with Crippen LogP contribution in [0.4, 0.5) is 10.1 Å². The fraction of sp³-hybridized carbons (Fsp3) is 0.424. The number of amides is 4. The largest absolute Gasteiger partial charge is 0.508 e. The van der Waals surface area contributed by atoms with Crippen molar-refractivity contribution >= 4 is 58.5 Å². The minimum atomic E-state index is -2.13. The lowest BCUT2D eigenvalue weighted by atomic mass is 9.56. The Bertz CT molecular complexity index is 1680. The Morgan fingerprint density at radius 3 is 2.39 bits per heavy atom. The van der Waals surface area contributed by atoms with Gasteiger partial charge in [0.05, 0.1) is 24.6 Å². The number of imide groups is 2. The van der Waals surface area contributed by atoms with Gasteiger partial charge in [-0.15, -0.1) is 23.2 Å². The van der Waals surface area contributed by atoms with Gasteiger partial charge in [-0.1, -0.05) is 24.1 Å². The molecule has 0 unspecified atom stereocenters. The molecule has 6 rings (SSSR count). The van der Waals surface area contributed by atoms with Gasteiger partial charge in [-0.25, -0.2) is 9.29 Å². The number of nitrogens with zero attached hydrogens (tertiary/aromatic N) is 2. The molecule has 2 aromatic rings. The summed E-state index contributed by atoms with van der Waals surface area (Å²) in [6.45, 7) is 0.128. The molecule has 2 N–H and O–H groups in total. The topological polar surface area (TPSA) is 142 Å². The number of alkyl halides is 2. The summed E-state index contributed by atoms with van der Waals surface area (Å²) in [6, 6.07) is 9.01. The van der Waals surface area contributed by atoms with Crippen molar-refractivity contribution in [2.75, 3.05) is 18.6 Å². The number of phenolic OH excluding ortho intramolecular Hbond substituents is 1. The van der Waals surface area contributed by atoms with Crippen molar-refractivity contribution in [2.24, 2.45) is 17.8 Å². The molecule has 2 aliphatic heterocycles. The first-order valence-electron chi connectivity index (χ1n) is 15.0. The molecule has 4 aliphatic rings. The Hall–Kier alpha value is -3.96. The minimum absolute atomic E-state index is 0.00965. The van der Waals surface area contributed by atoms with E-state index in [0.29, 0.717) is 30.4 Å². The van der Waals surface area contributed by atoms with Crippen LogP contribution in [0.3, 0.4) is 0 Å². The van der Waals surface area contributed by atoms with Gasteiger partial charge in [0.1, 0.15) is 17.3 Å². The molecule has 4 amide bonds. The Morgan fingerprint density at radius 1 is 1.00 bits per heavy atom. The number of unbranched alkanes of at least 4 members (excludes halogenated alkanes) is 2. The van der Waals surface area contributed by atoms with Crippen molar-refractivity contribution in [3.05, 3.63) is 65.5 Å². The Balaban J connectivity index is 1.44. The minimum Gasteiger partial charge on any atom is -0.508 e. The number of benzene rings is 2. The summed E-state index contributed by atoms with van der Waals surface area (Å²) >= 11 is 14.7. The van der Waals surface area contributed by atoms with E-state index in [4.69, 9.17) is 33.0 Å². The highest BCUT2D eigenvalue weighted by Crippen LogP contribution is 2.66. The van der Waals surface area contributed by atoms with Crippen molar-refractivity contribution in [3.63, 3.8) is 0 Å². The van der Waals surface area contributed by atoms with E-state index < -0.39 is 62.9 Å². The average Bonchev–Trinajstić information content (AvgIpc) is 3.35. The number of methoxy groups -OCH3 is 1. The van der Waals surface area contributed by atoms with E-state index in [2.05, 4.69) is 0 Å². The number of carboxylic acids is 1. The van der Waals surface area contributed by atoms with Gasteiger partial charge in [-0.3, -0.25) is 28.9 Å². The lowest BCUT2D eigenvalue weighted by molar-refractivity contribution is -0.141. The highest BCUT2D eigenvalue weighted by atomic mass is 35.5. The van der Waals surface area contributed by atoms with Crippen LogP contribution in [0.15, 0.2) is 54.1 Å². The number of aliphatic carboxylic acids is 1. The van der Waals surface area contributed by atoms with Gasteiger partial charge in [-0.2, -0.15) is 0 Å². The highest BCUT2D eigenvalue weighted by molar-refractivity contribution is 6.58. The van der Waals surface area contributed by atoms with Gasteiger partial charge >= 0.3 is 5.97 Å². The van der Waals surface area contributed by atoms with Gasteiger partial charge in [0, 0.05) is 30.5 Å². The summed E-state index contributed by atoms with van der Waals surface area (Å²) < 4.78 is 19.4. The summed E-state index contributed by atoms with van der Waals surface area (Å²) in [7, 11) is 1.37. The number of carbonyl (C=O) groups excluding carboxylic acids is 4. The number of rotatable bonds is 9. The standard InChI is InChI=1S/C33H31Cl2FN2O8/c1-46-24-15-19(39)10-11-21(24)27-20-12-13-22-26(29(43)37(28(22)42)14-4-2-3-5-25(40)41)23(20)16-32(34)30(44)38(31(45)33(27,32)35)18-8-6-17(36)7-9-18/h6-12,15,22-23,26-27,39H,2-5,13-14,16H2,1H3,(H,40,41)/t22-,23+,26-,27+,32+,33-/m0/s1. The zero-order valence-electron chi connectivity index (χ0n) is 24.8. The van der Waals surface area contributed by atoms with E-state index in [9.17, 15) is 33.5 Å². The van der Waals surface area contributed by atoms with E-state index in [-0.39, 0.29) is 48.9 Å². The molecule has 0 spiro atoms. The average molecular weight is 674 g/mol. The molecule has 0 bridgehead atoms. The van der Waals surface area contributed by atoms with Crippen molar-refractivity contribution in [1.82, 2.24) is 4.90 Å². The van der Waals surface area contributed by atoms with E-state index >= 15 is 0 Å². The lowest BCUT2D eigenvalue weighted by Gasteiger charge is -2.50. The first-order valence-corrected chi connectivity index (χ1v) is 15.8. The SMILES string of the molecule is COc1cc(O)ccc1[C@H]1C2=CC[C@@H]3C(=O)N(CCCCCC(=O)O)C(=O)[C@@H]3[C@@H]2C[C@@]2(Cl)C(=O)N(c3ccc(F)cc3)C(=O)[C@@]12Cl. The first-order chi connectivity index (χ1) is 21.8. The molecule has 242 valence electrons. The number of allylic oxidation sites excluding steroid dienone is 2. The maximum absolute atomic E-state index is 14.4. The molecule has 2 saturated heterocycles. The number of hydrogen-bond acceptors (Lipinski definition) is 7. The summed E-state index contributed by atoms with van der Waals surface area (Å²) in [5.41, 5.74) is 0.977. The number of halogens is 3. The maximum Gasteiger partial charge on any atom is 0.303 e. The lowest BCUT2D eigenvalue weighted by Crippen LogP contribution is -2.60. The van der Waals surface area contributed by atoms with Crippen molar-refractivity contribution in [1.29, 1.82) is 0 Å². The van der Waals surface area contributed by atoms with E-state index in [1.165, 1.54) is 42.3 Å². The number of ether oxygens (including phenoxy) is 1. The zero-order chi connectivity index (χ0) is 33.1. The number of fused-ring (bicyclic) bond motifs is 4. The normalized spacial score (nSPS) is 30.2. The Labute approximate surface area is 273 Å². The molecule has 0 radical (unpaired) electrons. The summed E-state index contributed by atoms with van der Waals surface area (Å²) in [6.07, 6.45) is 3.11. The number of phenols is 1. The van der Waals surface area contributed by atoms with E-state index in [0.717, 1.165) is 17.0 Å². The van der Waals surface area contributed by atoms with Crippen molar-refractivity contribution in [3.8, 4) is 11.5 Å². The molecule has 13 heteroatoms. The summed E-state index contributed by atoms with van der Waals surface area (Å²) in [5, 5.41) is 19.1. The second-order valence-corrected chi connectivity index (χ2v) is 13.5. The smallest absolute Gasteiger partial charge is 0.303 e. The summed E-state index contributed by atoms with van der Waals surface area (Å²) in [5.74, 6) is -7.36. The van der Waals surface area contributed by atoms with Gasteiger partial charge in [0.2, 0.25) is 11.8 Å². The molecular formula is C33H31Cl2FN2O8. The van der Waals surface area contributed by atoms with Gasteiger partial charge in [0.25, 0.3) is 11.8 Å². The zero-order valence-corrected chi connectivity index (χ0v) is 26.3. The highest BCUT2D eigenvalue weighted by Gasteiger charge is 2.76. The van der Waals surface area contributed by atoms with Crippen LogP contribution in [0.25, 0.3) is 0 Å². The van der Waals surface area contributed by atoms with Gasteiger partial charge in [0.15, 0.2) is 9.75 Å². The van der Waals surface area contributed by atoms with Crippen LogP contribution >= 0.6 is 23.2 Å². The molecule has 2 aliphatic carbocycles. The van der Waals surface area contributed by atoms with Crippen LogP contribution in [0.1, 0.15) is 50.0 Å². The molecule has 1 saturated carbocycles. The van der Waals surface area contributed by atoms with Crippen molar-refractivity contribution < 1.29 is 43.3 Å². The Kier molecular flexibility index (Phi) is 8.13. The van der Waals surface area contributed by atoms with Crippen LogP contribution in [-0.4, -0.2) is 68.1 Å². The molecule has 6 atom stereocenters. The first kappa shape index (κ1) is 32.0. The number of anilines is 1. The van der Waals surface area contributed by atoms with Crippen LogP contribution in [0.2, 0.25) is 0 Å². The van der Waals surface area contributed by atoms with Crippen LogP contribution < -0.4 is 9.64 Å². The number of likely N-dealkylation sites (tertiary alicyclic amines) is 1. The third-order valence-corrected chi connectivity index (χ3v) is 11.2. The van der Waals surface area contributed by atoms with E-state index in [1.807, 2.05) is 0 Å². The van der Waals surface area contributed by atoms with Crippen LogP contribution in [0, 0.1) is 23.6 Å². The Morgan fingerprint density at radius 2 is 1.72 bits per heavy atom. The number of carboxylic acid groups (broad SMARTS) is 1. The molecule has 2 aromatic carbocycles. The van der Waals surface area contributed by atoms with Crippen LogP contribution in [0.5, 0.6) is 11.5 Å². The number of aromatic hydroxyl groups is 1. The second-order valence-electron chi connectivity index (χ2n) is 12.2. The van der Waals surface area contributed by atoms with Crippen LogP contribution in [-0.2, 0) is 24.0 Å². The third-order valence-electron chi connectivity index (χ3n) is 9.79. The molecule has 3 fully saturated rings. The maximum atomic E-state index is 14.4. The van der Waals surface area contributed by atoms with Gasteiger partial charge < -0.3 is 14.9 Å².